The fourth-order valence-electron chi connectivity index (χ4n) is 2.35. The van der Waals surface area contributed by atoms with Gasteiger partial charge in [-0.25, -0.2) is 0 Å². The number of hydrogen-bond acceptors (Lipinski definition) is 5. The molecule has 1 aromatic heterocycles. The monoisotopic (exact) mass is 364 g/mol. The number of benzene rings is 1. The molecule has 25 heavy (non-hydrogen) atoms. The molecule has 0 atom stereocenters. The molecule has 0 radical (unpaired) electrons. The molecule has 0 saturated heterocycles. The van der Waals surface area contributed by atoms with E-state index in [1.807, 2.05) is 19.1 Å². The Labute approximate surface area is 151 Å². The molecule has 0 spiro atoms. The van der Waals surface area contributed by atoms with Gasteiger partial charge in [-0.3, -0.25) is 9.59 Å². The van der Waals surface area contributed by atoms with Crippen LogP contribution in [0.1, 0.15) is 29.0 Å². The first-order valence-electron chi connectivity index (χ1n) is 8.04. The number of aryl methyl sites for hydroxylation is 2. The van der Waals surface area contributed by atoms with Gasteiger partial charge < -0.3 is 14.6 Å². The van der Waals surface area contributed by atoms with E-state index in [9.17, 15) is 9.59 Å². The van der Waals surface area contributed by atoms with Crippen LogP contribution in [0.15, 0.2) is 28.8 Å². The minimum absolute atomic E-state index is 0.181. The first-order valence-corrected chi connectivity index (χ1v) is 8.42. The highest BCUT2D eigenvalue weighted by Gasteiger charge is 2.13. The van der Waals surface area contributed by atoms with E-state index in [4.69, 9.17) is 20.9 Å². The van der Waals surface area contributed by atoms with E-state index < -0.39 is 5.97 Å². The second kappa shape index (κ2) is 9.22. The normalized spacial score (nSPS) is 10.5. The summed E-state index contributed by atoms with van der Waals surface area (Å²) in [5.74, 6) is -0.0438. The second-order valence-corrected chi connectivity index (χ2v) is 6.13. The SMILES string of the molecule is Cc1noc(C)c1CCC(=O)OCC(=O)NCCc1ccc(Cl)cc1. The van der Waals surface area contributed by atoms with Crippen molar-refractivity contribution in [3.8, 4) is 0 Å². The van der Waals surface area contributed by atoms with Crippen LogP contribution >= 0.6 is 11.6 Å². The molecule has 1 amide bonds. The second-order valence-electron chi connectivity index (χ2n) is 5.69. The maximum atomic E-state index is 11.7. The van der Waals surface area contributed by atoms with Gasteiger partial charge in [0.2, 0.25) is 0 Å². The van der Waals surface area contributed by atoms with Crippen LogP contribution in [0.4, 0.5) is 0 Å². The lowest BCUT2D eigenvalue weighted by Crippen LogP contribution is -2.30. The van der Waals surface area contributed by atoms with E-state index >= 15 is 0 Å². The molecule has 0 fully saturated rings. The molecule has 0 unspecified atom stereocenters. The summed E-state index contributed by atoms with van der Waals surface area (Å²) >= 11 is 5.82. The molecule has 0 bridgehead atoms. The Balaban J connectivity index is 1.62. The number of aromatic nitrogens is 1. The first kappa shape index (κ1) is 19.0. The van der Waals surface area contributed by atoms with E-state index in [2.05, 4.69) is 10.5 Å². The van der Waals surface area contributed by atoms with E-state index in [1.165, 1.54) is 0 Å². The number of hydrogen-bond donors (Lipinski definition) is 1. The molecular weight excluding hydrogens is 344 g/mol. The van der Waals surface area contributed by atoms with E-state index in [0.717, 1.165) is 16.8 Å². The fourth-order valence-corrected chi connectivity index (χ4v) is 2.48. The summed E-state index contributed by atoms with van der Waals surface area (Å²) in [6.07, 6.45) is 1.35. The van der Waals surface area contributed by atoms with Crippen LogP contribution in [0.2, 0.25) is 5.02 Å². The van der Waals surface area contributed by atoms with Crippen LogP contribution < -0.4 is 5.32 Å². The molecule has 0 aliphatic carbocycles. The predicted octanol–water partition coefficient (Wildman–Crippen LogP) is 2.78. The Morgan fingerprint density at radius 1 is 1.20 bits per heavy atom. The molecular formula is C18H21ClN2O4. The summed E-state index contributed by atoms with van der Waals surface area (Å²) in [5.41, 5.74) is 2.75. The molecule has 2 aromatic rings. The van der Waals surface area contributed by atoms with E-state index in [0.29, 0.717) is 30.2 Å². The summed E-state index contributed by atoms with van der Waals surface area (Å²) < 4.78 is 10.0. The standard InChI is InChI=1S/C18H21ClN2O4/c1-12-16(13(2)25-21-12)7-8-18(23)24-11-17(22)20-10-9-14-3-5-15(19)6-4-14/h3-6H,7-11H2,1-2H3,(H,20,22). The maximum Gasteiger partial charge on any atom is 0.306 e. The smallest absolute Gasteiger partial charge is 0.306 e. The van der Waals surface area contributed by atoms with Crippen molar-refractivity contribution in [1.29, 1.82) is 0 Å². The molecule has 0 aliphatic heterocycles. The van der Waals surface area contributed by atoms with Crippen molar-refractivity contribution in [2.75, 3.05) is 13.2 Å². The molecule has 0 saturated carbocycles. The quantitative estimate of drug-likeness (QED) is 0.728. The largest absolute Gasteiger partial charge is 0.456 e. The van der Waals surface area contributed by atoms with Crippen LogP contribution in [0, 0.1) is 13.8 Å². The molecule has 0 aliphatic rings. The molecule has 7 heteroatoms. The van der Waals surface area contributed by atoms with Crippen molar-refractivity contribution in [1.82, 2.24) is 10.5 Å². The van der Waals surface area contributed by atoms with Gasteiger partial charge in [0.05, 0.1) is 5.69 Å². The average Bonchev–Trinajstić information content (AvgIpc) is 2.91. The first-order chi connectivity index (χ1) is 12.0. The number of amides is 1. The number of carbonyl (C=O) groups is 2. The highest BCUT2D eigenvalue weighted by Crippen LogP contribution is 2.14. The van der Waals surface area contributed by atoms with Gasteiger partial charge in [-0.2, -0.15) is 0 Å². The molecule has 6 nitrogen and oxygen atoms in total. The van der Waals surface area contributed by atoms with Gasteiger partial charge in [-0.1, -0.05) is 28.9 Å². The van der Waals surface area contributed by atoms with E-state index in [-0.39, 0.29) is 18.9 Å². The van der Waals surface area contributed by atoms with Crippen molar-refractivity contribution in [2.45, 2.75) is 33.1 Å². The molecule has 1 N–H and O–H groups in total. The van der Waals surface area contributed by atoms with Crippen molar-refractivity contribution < 1.29 is 18.8 Å². The van der Waals surface area contributed by atoms with Crippen molar-refractivity contribution >= 4 is 23.5 Å². The van der Waals surface area contributed by atoms with Crippen LogP contribution in [-0.2, 0) is 27.2 Å². The minimum Gasteiger partial charge on any atom is -0.456 e. The summed E-state index contributed by atoms with van der Waals surface area (Å²) in [6.45, 7) is 3.82. The third kappa shape index (κ3) is 6.23. The van der Waals surface area contributed by atoms with Crippen molar-refractivity contribution in [3.63, 3.8) is 0 Å². The summed E-state index contributed by atoms with van der Waals surface area (Å²) in [7, 11) is 0. The number of esters is 1. The predicted molar refractivity (Wildman–Crippen MR) is 93.4 cm³/mol. The zero-order chi connectivity index (χ0) is 18.2. The van der Waals surface area contributed by atoms with Gasteiger partial charge in [0.1, 0.15) is 5.76 Å². The molecule has 1 heterocycles. The lowest BCUT2D eigenvalue weighted by Gasteiger charge is -2.07. The van der Waals surface area contributed by atoms with Crippen molar-refractivity contribution in [2.24, 2.45) is 0 Å². The number of carbonyl (C=O) groups excluding carboxylic acids is 2. The number of ether oxygens (including phenoxy) is 1. The van der Waals surface area contributed by atoms with Gasteiger partial charge in [-0.05, 0) is 44.4 Å². The Kier molecular flexibility index (Phi) is 7.01. The highest BCUT2D eigenvalue weighted by molar-refractivity contribution is 6.30. The number of nitrogens with zero attached hydrogens (tertiary/aromatic N) is 1. The van der Waals surface area contributed by atoms with Crippen LogP contribution in [0.3, 0.4) is 0 Å². The van der Waals surface area contributed by atoms with Crippen LogP contribution in [0.5, 0.6) is 0 Å². The number of halogens is 1. The molecule has 1 aromatic carbocycles. The molecule has 134 valence electrons. The Hall–Kier alpha value is -2.34. The number of rotatable bonds is 8. The van der Waals surface area contributed by atoms with Crippen LogP contribution in [0.25, 0.3) is 0 Å². The highest BCUT2D eigenvalue weighted by atomic mass is 35.5. The lowest BCUT2D eigenvalue weighted by atomic mass is 10.1. The third-order valence-electron chi connectivity index (χ3n) is 3.77. The third-order valence-corrected chi connectivity index (χ3v) is 4.03. The molecule has 2 rings (SSSR count). The van der Waals surface area contributed by atoms with Gasteiger partial charge in [-0.15, -0.1) is 0 Å². The summed E-state index contributed by atoms with van der Waals surface area (Å²) in [5, 5.41) is 7.23. The summed E-state index contributed by atoms with van der Waals surface area (Å²) in [6, 6.07) is 7.42. The Bertz CT molecular complexity index is 706. The van der Waals surface area contributed by atoms with Gasteiger partial charge in [0.15, 0.2) is 6.61 Å². The Morgan fingerprint density at radius 3 is 2.56 bits per heavy atom. The van der Waals surface area contributed by atoms with E-state index in [1.54, 1.807) is 19.1 Å². The van der Waals surface area contributed by atoms with Gasteiger partial charge in [0.25, 0.3) is 5.91 Å². The zero-order valence-electron chi connectivity index (χ0n) is 14.3. The van der Waals surface area contributed by atoms with Gasteiger partial charge >= 0.3 is 5.97 Å². The minimum atomic E-state index is -0.423. The zero-order valence-corrected chi connectivity index (χ0v) is 15.1. The van der Waals surface area contributed by atoms with Gasteiger partial charge in [0, 0.05) is 23.6 Å². The summed E-state index contributed by atoms with van der Waals surface area (Å²) in [4.78, 5) is 23.4. The number of nitrogens with one attached hydrogen (secondary N) is 1. The Morgan fingerprint density at radius 2 is 1.92 bits per heavy atom. The maximum absolute atomic E-state index is 11.7. The van der Waals surface area contributed by atoms with Crippen molar-refractivity contribution in [3.05, 3.63) is 51.9 Å². The average molecular weight is 365 g/mol. The fraction of sp³-hybridized carbons (Fsp3) is 0.389. The van der Waals surface area contributed by atoms with Crippen LogP contribution in [-0.4, -0.2) is 30.2 Å². The lowest BCUT2D eigenvalue weighted by molar-refractivity contribution is -0.148. The topological polar surface area (TPSA) is 81.4 Å².